The Hall–Kier alpha value is -3.28. The number of methoxy groups -OCH3 is 1. The van der Waals surface area contributed by atoms with E-state index in [4.69, 9.17) is 4.74 Å². The summed E-state index contributed by atoms with van der Waals surface area (Å²) in [6, 6.07) is 22.1. The van der Waals surface area contributed by atoms with Crippen LogP contribution in [0.15, 0.2) is 84.0 Å². The van der Waals surface area contributed by atoms with E-state index in [9.17, 15) is 13.2 Å². The van der Waals surface area contributed by atoms with Crippen molar-refractivity contribution in [3.63, 3.8) is 0 Å². The van der Waals surface area contributed by atoms with Crippen LogP contribution in [0.3, 0.4) is 0 Å². The summed E-state index contributed by atoms with van der Waals surface area (Å²) in [6.07, 6.45) is -3.96. The lowest BCUT2D eigenvalue weighted by Crippen LogP contribution is -2.22. The van der Waals surface area contributed by atoms with Gasteiger partial charge in [-0.3, -0.25) is 5.01 Å². The molecule has 0 amide bonds. The standard InChI is InChI=1S/C23H19F3N2O/c1-29-18-13-11-17(12-14-18)22-15-20(16-7-3-2-4-8-16)27-28(22)21-10-6-5-9-19(21)23(24,25)26/h2-14,22H,15H2,1H3. The van der Waals surface area contributed by atoms with Gasteiger partial charge in [-0.2, -0.15) is 18.3 Å². The number of para-hydroxylation sites is 1. The number of ether oxygens (including phenoxy) is 1. The van der Waals surface area contributed by atoms with E-state index in [1.54, 1.807) is 13.2 Å². The number of halogens is 3. The van der Waals surface area contributed by atoms with Gasteiger partial charge in [0.2, 0.25) is 0 Å². The molecule has 4 rings (SSSR count). The van der Waals surface area contributed by atoms with E-state index < -0.39 is 11.7 Å². The van der Waals surface area contributed by atoms with Crippen molar-refractivity contribution < 1.29 is 17.9 Å². The summed E-state index contributed by atoms with van der Waals surface area (Å²) in [4.78, 5) is 0. The molecular formula is C23H19F3N2O. The van der Waals surface area contributed by atoms with Gasteiger partial charge >= 0.3 is 6.18 Å². The first-order valence-electron chi connectivity index (χ1n) is 9.19. The highest BCUT2D eigenvalue weighted by atomic mass is 19.4. The van der Waals surface area contributed by atoms with Crippen LogP contribution in [0.5, 0.6) is 5.75 Å². The SMILES string of the molecule is COc1ccc(C2CC(c3ccccc3)=NN2c2ccccc2C(F)(F)F)cc1. The smallest absolute Gasteiger partial charge is 0.418 e. The van der Waals surface area contributed by atoms with Gasteiger partial charge < -0.3 is 4.74 Å². The van der Waals surface area contributed by atoms with Crippen LogP contribution in [0, 0.1) is 0 Å². The van der Waals surface area contributed by atoms with Crippen LogP contribution < -0.4 is 9.75 Å². The first-order valence-corrected chi connectivity index (χ1v) is 9.19. The molecule has 1 aliphatic heterocycles. The number of hydrogen-bond acceptors (Lipinski definition) is 3. The van der Waals surface area contributed by atoms with E-state index in [1.807, 2.05) is 54.6 Å². The van der Waals surface area contributed by atoms with Crippen LogP contribution in [-0.2, 0) is 6.18 Å². The molecule has 148 valence electrons. The summed E-state index contributed by atoms with van der Waals surface area (Å²) < 4.78 is 46.2. The molecule has 1 unspecified atom stereocenters. The molecule has 6 heteroatoms. The van der Waals surface area contributed by atoms with E-state index in [-0.39, 0.29) is 11.7 Å². The Kier molecular flexibility index (Phi) is 5.01. The Morgan fingerprint density at radius 1 is 0.897 bits per heavy atom. The van der Waals surface area contributed by atoms with Gasteiger partial charge in [0.25, 0.3) is 0 Å². The lowest BCUT2D eigenvalue weighted by atomic mass is 9.97. The average molecular weight is 396 g/mol. The van der Waals surface area contributed by atoms with Gasteiger partial charge in [0.05, 0.1) is 30.1 Å². The lowest BCUT2D eigenvalue weighted by Gasteiger charge is -2.26. The van der Waals surface area contributed by atoms with Crippen molar-refractivity contribution in [2.45, 2.75) is 18.6 Å². The normalized spacial score (nSPS) is 16.6. The molecule has 0 saturated heterocycles. The highest BCUT2D eigenvalue weighted by Crippen LogP contribution is 2.43. The minimum atomic E-state index is -4.47. The van der Waals surface area contributed by atoms with Crippen molar-refractivity contribution >= 4 is 11.4 Å². The second kappa shape index (κ2) is 7.62. The predicted molar refractivity (Wildman–Crippen MR) is 107 cm³/mol. The Balaban J connectivity index is 1.81. The molecule has 0 radical (unpaired) electrons. The third-order valence-electron chi connectivity index (χ3n) is 4.97. The largest absolute Gasteiger partial charge is 0.497 e. The summed E-state index contributed by atoms with van der Waals surface area (Å²) in [6.45, 7) is 0. The van der Waals surface area contributed by atoms with E-state index in [0.717, 1.165) is 22.9 Å². The van der Waals surface area contributed by atoms with Gasteiger partial charge in [-0.05, 0) is 35.4 Å². The predicted octanol–water partition coefficient (Wildman–Crippen LogP) is 6.07. The fraction of sp³-hybridized carbons (Fsp3) is 0.174. The van der Waals surface area contributed by atoms with Gasteiger partial charge in [0, 0.05) is 6.42 Å². The second-order valence-corrected chi connectivity index (χ2v) is 6.77. The monoisotopic (exact) mass is 396 g/mol. The molecule has 0 spiro atoms. The quantitative estimate of drug-likeness (QED) is 0.535. The number of nitrogens with zero attached hydrogens (tertiary/aromatic N) is 2. The van der Waals surface area contributed by atoms with Gasteiger partial charge in [0.1, 0.15) is 5.75 Å². The summed E-state index contributed by atoms with van der Waals surface area (Å²) in [5.74, 6) is 0.693. The number of hydrogen-bond donors (Lipinski definition) is 0. The molecule has 1 atom stereocenters. The molecule has 0 aliphatic carbocycles. The molecule has 0 aromatic heterocycles. The number of alkyl halides is 3. The van der Waals surface area contributed by atoms with Crippen molar-refractivity contribution in [1.82, 2.24) is 0 Å². The molecule has 0 bridgehead atoms. The third kappa shape index (κ3) is 3.83. The van der Waals surface area contributed by atoms with Crippen molar-refractivity contribution in [1.29, 1.82) is 0 Å². The van der Waals surface area contributed by atoms with E-state index in [0.29, 0.717) is 12.2 Å². The Labute approximate surface area is 167 Å². The van der Waals surface area contributed by atoms with E-state index in [2.05, 4.69) is 5.10 Å². The van der Waals surface area contributed by atoms with Crippen molar-refractivity contribution in [2.24, 2.45) is 5.10 Å². The topological polar surface area (TPSA) is 24.8 Å². The average Bonchev–Trinajstić information content (AvgIpc) is 3.19. The van der Waals surface area contributed by atoms with Crippen molar-refractivity contribution in [3.8, 4) is 5.75 Å². The molecule has 0 saturated carbocycles. The van der Waals surface area contributed by atoms with Gasteiger partial charge in [0.15, 0.2) is 0 Å². The number of hydrazone groups is 1. The van der Waals surface area contributed by atoms with Crippen LogP contribution >= 0.6 is 0 Å². The number of anilines is 1. The van der Waals surface area contributed by atoms with Gasteiger partial charge in [-0.15, -0.1) is 0 Å². The molecular weight excluding hydrogens is 377 g/mol. The molecule has 29 heavy (non-hydrogen) atoms. The molecule has 3 aromatic carbocycles. The molecule has 1 aliphatic rings. The summed E-state index contributed by atoms with van der Waals surface area (Å²) in [5.41, 5.74) is 1.88. The molecule has 0 fully saturated rings. The van der Waals surface area contributed by atoms with Crippen molar-refractivity contribution in [2.75, 3.05) is 12.1 Å². The first kappa shape index (κ1) is 19.1. The van der Waals surface area contributed by atoms with Crippen LogP contribution in [0.25, 0.3) is 0 Å². The second-order valence-electron chi connectivity index (χ2n) is 6.77. The lowest BCUT2D eigenvalue weighted by molar-refractivity contribution is -0.137. The van der Waals surface area contributed by atoms with E-state index >= 15 is 0 Å². The zero-order chi connectivity index (χ0) is 20.4. The first-order chi connectivity index (χ1) is 14.0. The summed E-state index contributed by atoms with van der Waals surface area (Å²) in [7, 11) is 1.58. The maximum atomic E-state index is 13.7. The zero-order valence-electron chi connectivity index (χ0n) is 15.7. The maximum Gasteiger partial charge on any atom is 0.418 e. The van der Waals surface area contributed by atoms with Crippen LogP contribution in [0.2, 0.25) is 0 Å². The molecule has 1 heterocycles. The maximum absolute atomic E-state index is 13.7. The number of benzene rings is 3. The Morgan fingerprint density at radius 3 is 2.21 bits per heavy atom. The Morgan fingerprint density at radius 2 is 1.55 bits per heavy atom. The highest BCUT2D eigenvalue weighted by Gasteiger charge is 2.38. The zero-order valence-corrected chi connectivity index (χ0v) is 15.7. The van der Waals surface area contributed by atoms with Crippen LogP contribution in [-0.4, -0.2) is 12.8 Å². The van der Waals surface area contributed by atoms with Gasteiger partial charge in [-0.25, -0.2) is 0 Å². The molecule has 3 aromatic rings. The van der Waals surface area contributed by atoms with Crippen molar-refractivity contribution in [3.05, 3.63) is 95.6 Å². The van der Waals surface area contributed by atoms with Crippen LogP contribution in [0.4, 0.5) is 18.9 Å². The minimum Gasteiger partial charge on any atom is -0.497 e. The van der Waals surface area contributed by atoms with E-state index in [1.165, 1.54) is 17.1 Å². The highest BCUT2D eigenvalue weighted by molar-refractivity contribution is 6.03. The Bertz CT molecular complexity index is 1010. The summed E-state index contributed by atoms with van der Waals surface area (Å²) in [5, 5.41) is 6.11. The fourth-order valence-corrected chi connectivity index (χ4v) is 3.54. The number of rotatable bonds is 4. The molecule has 3 nitrogen and oxygen atoms in total. The van der Waals surface area contributed by atoms with Crippen LogP contribution in [0.1, 0.15) is 29.2 Å². The third-order valence-corrected chi connectivity index (χ3v) is 4.97. The minimum absolute atomic E-state index is 0.0479. The molecule has 0 N–H and O–H groups in total. The fourth-order valence-electron chi connectivity index (χ4n) is 3.54. The summed E-state index contributed by atoms with van der Waals surface area (Å²) >= 11 is 0. The van der Waals surface area contributed by atoms with Gasteiger partial charge in [-0.1, -0.05) is 54.6 Å².